The summed E-state index contributed by atoms with van der Waals surface area (Å²) in [5.74, 6) is 0.535. The number of hydrogen-bond donors (Lipinski definition) is 0. The first-order valence-corrected chi connectivity index (χ1v) is 8.31. The van der Waals surface area contributed by atoms with Crippen molar-refractivity contribution in [3.63, 3.8) is 0 Å². The van der Waals surface area contributed by atoms with E-state index in [-0.39, 0.29) is 4.90 Å². The fraction of sp³-hybridized carbons (Fsp3) is 0.143. The maximum Gasteiger partial charge on any atom is 0.175 e. The summed E-state index contributed by atoms with van der Waals surface area (Å²) in [5.41, 5.74) is 1.52. The lowest BCUT2D eigenvalue weighted by Gasteiger charge is -2.09. The summed E-state index contributed by atoms with van der Waals surface area (Å²) in [6.07, 6.45) is 1.14. The molecule has 2 rings (SSSR count). The van der Waals surface area contributed by atoms with Crippen molar-refractivity contribution in [2.45, 2.75) is 4.90 Å². The van der Waals surface area contributed by atoms with E-state index in [1.807, 2.05) is 0 Å². The molecule has 0 aliphatic carbocycles. The van der Waals surface area contributed by atoms with Gasteiger partial charge in [0.15, 0.2) is 9.84 Å². The van der Waals surface area contributed by atoms with Gasteiger partial charge in [-0.2, -0.15) is 0 Å². The third-order valence-corrected chi connectivity index (χ3v) is 4.57. The van der Waals surface area contributed by atoms with Gasteiger partial charge in [0, 0.05) is 16.8 Å². The van der Waals surface area contributed by atoms with Gasteiger partial charge in [-0.1, -0.05) is 35.3 Å². The molecule has 0 amide bonds. The first-order chi connectivity index (χ1) is 9.32. The third kappa shape index (κ3) is 3.08. The molecule has 0 unspecified atom stereocenters. The van der Waals surface area contributed by atoms with Gasteiger partial charge in [0.25, 0.3) is 0 Å². The minimum atomic E-state index is -3.27. The van der Waals surface area contributed by atoms with Gasteiger partial charge in [0.05, 0.1) is 17.0 Å². The van der Waals surface area contributed by atoms with Crippen LogP contribution in [0, 0.1) is 0 Å². The summed E-state index contributed by atoms with van der Waals surface area (Å²) in [6.45, 7) is 0. The molecule has 0 heterocycles. The predicted molar refractivity (Wildman–Crippen MR) is 81.6 cm³/mol. The van der Waals surface area contributed by atoms with E-state index in [1.54, 1.807) is 24.3 Å². The van der Waals surface area contributed by atoms with E-state index < -0.39 is 9.84 Å². The lowest BCUT2D eigenvalue weighted by atomic mass is 10.1. The van der Waals surface area contributed by atoms with E-state index in [2.05, 4.69) is 0 Å². The molecule has 0 fully saturated rings. The maximum atomic E-state index is 11.5. The largest absolute Gasteiger partial charge is 0.495 e. The second kappa shape index (κ2) is 5.64. The first-order valence-electron chi connectivity index (χ1n) is 5.66. The summed E-state index contributed by atoms with van der Waals surface area (Å²) in [7, 11) is -1.75. The Morgan fingerprint density at radius 3 is 2.25 bits per heavy atom. The van der Waals surface area contributed by atoms with Gasteiger partial charge >= 0.3 is 0 Å². The molecule has 0 aliphatic heterocycles. The highest BCUT2D eigenvalue weighted by Gasteiger charge is 2.12. The smallest absolute Gasteiger partial charge is 0.175 e. The lowest BCUT2D eigenvalue weighted by Crippen LogP contribution is -1.97. The zero-order valence-corrected chi connectivity index (χ0v) is 13.2. The molecule has 2 aromatic carbocycles. The van der Waals surface area contributed by atoms with Crippen molar-refractivity contribution in [2.24, 2.45) is 0 Å². The van der Waals surface area contributed by atoms with Gasteiger partial charge in [-0.25, -0.2) is 8.42 Å². The Hall–Kier alpha value is -1.23. The second-order valence-electron chi connectivity index (χ2n) is 4.26. The molecular formula is C14H12Cl2O3S. The Morgan fingerprint density at radius 1 is 1.00 bits per heavy atom. The molecule has 0 saturated carbocycles. The molecular weight excluding hydrogens is 319 g/mol. The quantitative estimate of drug-likeness (QED) is 0.851. The summed E-state index contributed by atoms with van der Waals surface area (Å²) in [6, 6.07) is 9.89. The van der Waals surface area contributed by atoms with Gasteiger partial charge in [0.1, 0.15) is 5.75 Å². The molecule has 0 saturated heterocycles. The van der Waals surface area contributed by atoms with E-state index in [4.69, 9.17) is 27.9 Å². The van der Waals surface area contributed by atoms with Crippen LogP contribution in [0.1, 0.15) is 0 Å². The summed E-state index contributed by atoms with van der Waals surface area (Å²) < 4.78 is 28.1. The van der Waals surface area contributed by atoms with Crippen LogP contribution in [-0.2, 0) is 9.84 Å². The monoisotopic (exact) mass is 330 g/mol. The van der Waals surface area contributed by atoms with Crippen molar-refractivity contribution in [3.8, 4) is 16.9 Å². The van der Waals surface area contributed by atoms with Crippen molar-refractivity contribution in [1.82, 2.24) is 0 Å². The molecule has 0 bridgehead atoms. The highest BCUT2D eigenvalue weighted by molar-refractivity contribution is 7.90. The Morgan fingerprint density at radius 2 is 1.70 bits per heavy atom. The van der Waals surface area contributed by atoms with Crippen molar-refractivity contribution in [2.75, 3.05) is 13.4 Å². The molecule has 0 spiro atoms. The second-order valence-corrected chi connectivity index (χ2v) is 7.09. The van der Waals surface area contributed by atoms with Crippen LogP contribution < -0.4 is 4.74 Å². The zero-order valence-electron chi connectivity index (χ0n) is 10.9. The van der Waals surface area contributed by atoms with Crippen LogP contribution in [0.3, 0.4) is 0 Å². The summed E-state index contributed by atoms with van der Waals surface area (Å²) >= 11 is 12.1. The van der Waals surface area contributed by atoms with Gasteiger partial charge in [-0.05, 0) is 29.8 Å². The Kier molecular flexibility index (Phi) is 4.28. The van der Waals surface area contributed by atoms with E-state index in [9.17, 15) is 8.42 Å². The number of hydrogen-bond acceptors (Lipinski definition) is 3. The zero-order chi connectivity index (χ0) is 14.9. The van der Waals surface area contributed by atoms with Gasteiger partial charge < -0.3 is 4.74 Å². The standard InChI is InChI=1S/C14H12Cl2O3S/c1-19-14-7-9(3-6-12(14)15)11-5-4-10(8-13(11)16)20(2,17)18/h3-8H,1-2H3. The molecule has 0 aliphatic rings. The van der Waals surface area contributed by atoms with E-state index in [0.29, 0.717) is 21.4 Å². The number of ether oxygens (including phenoxy) is 1. The number of benzene rings is 2. The average Bonchev–Trinajstić information content (AvgIpc) is 2.38. The van der Waals surface area contributed by atoms with Gasteiger partial charge in [0.2, 0.25) is 0 Å². The van der Waals surface area contributed by atoms with Crippen molar-refractivity contribution in [3.05, 3.63) is 46.4 Å². The summed E-state index contributed by atoms with van der Waals surface area (Å²) in [4.78, 5) is 0.187. The van der Waals surface area contributed by atoms with E-state index in [1.165, 1.54) is 19.2 Å². The fourth-order valence-electron chi connectivity index (χ4n) is 1.79. The SMILES string of the molecule is COc1cc(-c2ccc(S(C)(=O)=O)cc2Cl)ccc1Cl. The highest BCUT2D eigenvalue weighted by atomic mass is 35.5. The minimum absolute atomic E-state index is 0.187. The van der Waals surface area contributed by atoms with Crippen LogP contribution in [-0.4, -0.2) is 21.8 Å². The molecule has 0 aromatic heterocycles. The van der Waals surface area contributed by atoms with Crippen molar-refractivity contribution in [1.29, 1.82) is 0 Å². The van der Waals surface area contributed by atoms with Gasteiger partial charge in [-0.15, -0.1) is 0 Å². The van der Waals surface area contributed by atoms with E-state index in [0.717, 1.165) is 11.8 Å². The third-order valence-electron chi connectivity index (χ3n) is 2.83. The number of sulfone groups is 1. The minimum Gasteiger partial charge on any atom is -0.495 e. The number of rotatable bonds is 3. The van der Waals surface area contributed by atoms with Crippen LogP contribution in [0.25, 0.3) is 11.1 Å². The van der Waals surface area contributed by atoms with Crippen LogP contribution in [0.15, 0.2) is 41.3 Å². The fourth-order valence-corrected chi connectivity index (χ4v) is 2.98. The predicted octanol–water partition coefficient (Wildman–Crippen LogP) is 4.07. The van der Waals surface area contributed by atoms with Crippen LogP contribution in [0.2, 0.25) is 10.0 Å². The molecule has 20 heavy (non-hydrogen) atoms. The van der Waals surface area contributed by atoms with Gasteiger partial charge in [-0.3, -0.25) is 0 Å². The molecule has 0 N–H and O–H groups in total. The average molecular weight is 331 g/mol. The molecule has 0 radical (unpaired) electrons. The van der Waals surface area contributed by atoms with Crippen LogP contribution in [0.5, 0.6) is 5.75 Å². The Bertz CT molecular complexity index is 755. The molecule has 3 nitrogen and oxygen atoms in total. The maximum absolute atomic E-state index is 11.5. The first kappa shape index (κ1) is 15.2. The van der Waals surface area contributed by atoms with Crippen molar-refractivity contribution < 1.29 is 13.2 Å². The summed E-state index contributed by atoms with van der Waals surface area (Å²) in [5, 5.41) is 0.859. The highest BCUT2D eigenvalue weighted by Crippen LogP contribution is 2.34. The van der Waals surface area contributed by atoms with Crippen LogP contribution in [0.4, 0.5) is 0 Å². The Labute approximate surface area is 128 Å². The topological polar surface area (TPSA) is 43.4 Å². The van der Waals surface area contributed by atoms with E-state index >= 15 is 0 Å². The van der Waals surface area contributed by atoms with Crippen molar-refractivity contribution >= 4 is 33.0 Å². The molecule has 106 valence electrons. The Balaban J connectivity index is 2.54. The molecule has 2 aromatic rings. The number of methoxy groups -OCH3 is 1. The van der Waals surface area contributed by atoms with Crippen LogP contribution >= 0.6 is 23.2 Å². The lowest BCUT2D eigenvalue weighted by molar-refractivity contribution is 0.415. The normalized spacial score (nSPS) is 11.4. The molecule has 6 heteroatoms. The molecule has 0 atom stereocenters. The number of halogens is 2.